The third-order valence-corrected chi connectivity index (χ3v) is 5.20. The zero-order chi connectivity index (χ0) is 21.0. The third kappa shape index (κ3) is 5.03. The molecule has 0 radical (unpaired) electrons. The van der Waals surface area contributed by atoms with Crippen molar-refractivity contribution in [3.05, 3.63) is 63.7 Å². The van der Waals surface area contributed by atoms with Crippen LogP contribution in [0.1, 0.15) is 32.8 Å². The molecule has 0 saturated carbocycles. The van der Waals surface area contributed by atoms with Crippen molar-refractivity contribution in [1.82, 2.24) is 20.6 Å². The summed E-state index contributed by atoms with van der Waals surface area (Å²) >= 11 is 1.34. The van der Waals surface area contributed by atoms with Gasteiger partial charge >= 0.3 is 6.18 Å². The molecule has 0 aliphatic carbocycles. The number of carbonyl (C=O) groups excluding carboxylic acids is 1. The van der Waals surface area contributed by atoms with E-state index in [1.807, 2.05) is 0 Å². The molecule has 2 heterocycles. The summed E-state index contributed by atoms with van der Waals surface area (Å²) in [4.78, 5) is 19.8. The van der Waals surface area contributed by atoms with E-state index in [9.17, 15) is 18.0 Å². The molecule has 2 aromatic heterocycles. The van der Waals surface area contributed by atoms with Crippen LogP contribution in [0.25, 0.3) is 11.3 Å². The van der Waals surface area contributed by atoms with Crippen molar-refractivity contribution < 1.29 is 23.1 Å². The largest absolute Gasteiger partial charge is 0.416 e. The summed E-state index contributed by atoms with van der Waals surface area (Å²) in [7, 11) is 1.75. The molecule has 6 nitrogen and oxygen atoms in total. The van der Waals surface area contributed by atoms with Crippen LogP contribution < -0.4 is 10.6 Å². The summed E-state index contributed by atoms with van der Waals surface area (Å²) in [6.07, 6.45) is -4.40. The van der Waals surface area contributed by atoms with E-state index in [1.165, 1.54) is 23.5 Å². The molecule has 0 unspecified atom stereocenters. The minimum atomic E-state index is -4.40. The smallest absolute Gasteiger partial charge is 0.390 e. The summed E-state index contributed by atoms with van der Waals surface area (Å²) < 4.78 is 38.1. The lowest BCUT2D eigenvalue weighted by Gasteiger charge is -2.15. The van der Waals surface area contributed by atoms with Crippen LogP contribution in [0.5, 0.6) is 0 Å². The number of hydrogen-bond acceptors (Lipinski definition) is 5. The van der Waals surface area contributed by atoms with Gasteiger partial charge in [0.05, 0.1) is 23.9 Å². The van der Waals surface area contributed by atoms with E-state index >= 15 is 0 Å². The summed E-state index contributed by atoms with van der Waals surface area (Å²) in [6, 6.07) is 7.52. The molecule has 0 aliphatic heterocycles. The second-order valence-electron chi connectivity index (χ2n) is 6.28. The van der Waals surface area contributed by atoms with E-state index in [0.717, 1.165) is 12.1 Å². The second kappa shape index (κ2) is 8.76. The van der Waals surface area contributed by atoms with Gasteiger partial charge in [-0.25, -0.2) is 4.98 Å². The number of aliphatic hydroxyl groups excluding tert-OH is 1. The number of thiazole rings is 1. The van der Waals surface area contributed by atoms with Crippen LogP contribution in [0.3, 0.4) is 0 Å². The lowest BCUT2D eigenvalue weighted by atomic mass is 10.1. The maximum absolute atomic E-state index is 12.7. The number of H-pyrrole nitrogens is 1. The third-order valence-electron chi connectivity index (χ3n) is 4.20. The Labute approximate surface area is 168 Å². The van der Waals surface area contributed by atoms with Gasteiger partial charge in [0.15, 0.2) is 0 Å². The van der Waals surface area contributed by atoms with Crippen LogP contribution in [0, 0.1) is 0 Å². The van der Waals surface area contributed by atoms with Gasteiger partial charge in [-0.05, 0) is 36.9 Å². The number of benzene rings is 1. The first kappa shape index (κ1) is 21.0. The molecule has 0 saturated heterocycles. The zero-order valence-electron chi connectivity index (χ0n) is 15.4. The molecule has 154 valence electrons. The quantitative estimate of drug-likeness (QED) is 0.468. The van der Waals surface area contributed by atoms with Crippen LogP contribution in [0.15, 0.2) is 41.8 Å². The summed E-state index contributed by atoms with van der Waals surface area (Å²) in [5, 5.41) is 17.4. The van der Waals surface area contributed by atoms with Crippen molar-refractivity contribution in [3.63, 3.8) is 0 Å². The number of halogens is 3. The van der Waals surface area contributed by atoms with E-state index in [-0.39, 0.29) is 18.2 Å². The molecule has 1 amide bonds. The molecule has 0 spiro atoms. The molecule has 0 fully saturated rings. The van der Waals surface area contributed by atoms with Crippen LogP contribution >= 0.6 is 11.3 Å². The number of likely N-dealkylation sites (N-methyl/N-ethyl adjacent to an activating group) is 1. The standard InChI is InChI=1S/C19H19F3N4O2S/c1-23-8-16(18-24-13(9-27)10-29-18)26-17(28)15-7-6-14(25-15)11-2-4-12(5-3-11)19(20,21)22/h2-7,10,16,23,25,27H,8-9H2,1H3,(H,26,28)/t16-/m1/s1. The predicted molar refractivity (Wildman–Crippen MR) is 103 cm³/mol. The molecule has 0 bridgehead atoms. The SMILES string of the molecule is CNC[C@@H](NC(=O)c1ccc(-c2ccc(C(F)(F)F)cc2)[nH]1)c1nc(CO)cs1. The van der Waals surface area contributed by atoms with E-state index in [0.29, 0.717) is 28.5 Å². The summed E-state index contributed by atoms with van der Waals surface area (Å²) in [6.45, 7) is 0.264. The maximum Gasteiger partial charge on any atom is 0.416 e. The molecule has 29 heavy (non-hydrogen) atoms. The molecular formula is C19H19F3N4O2S. The van der Waals surface area contributed by atoms with Gasteiger partial charge in [-0.15, -0.1) is 11.3 Å². The highest BCUT2D eigenvalue weighted by Gasteiger charge is 2.30. The number of aromatic nitrogens is 2. The molecule has 3 aromatic rings. The first-order valence-corrected chi connectivity index (χ1v) is 9.57. The van der Waals surface area contributed by atoms with E-state index in [1.54, 1.807) is 24.6 Å². The number of nitrogens with zero attached hydrogens (tertiary/aromatic N) is 1. The first-order chi connectivity index (χ1) is 13.8. The number of nitrogens with one attached hydrogen (secondary N) is 3. The molecule has 1 atom stereocenters. The number of carbonyl (C=O) groups is 1. The first-order valence-electron chi connectivity index (χ1n) is 8.69. The lowest BCUT2D eigenvalue weighted by Crippen LogP contribution is -2.34. The molecular weight excluding hydrogens is 405 g/mol. The van der Waals surface area contributed by atoms with Crippen LogP contribution in [-0.4, -0.2) is 34.6 Å². The Morgan fingerprint density at radius 1 is 1.24 bits per heavy atom. The number of alkyl halides is 3. The number of hydrogen-bond donors (Lipinski definition) is 4. The number of rotatable bonds is 7. The van der Waals surface area contributed by atoms with Crippen LogP contribution in [0.2, 0.25) is 0 Å². The van der Waals surface area contributed by atoms with Gasteiger partial charge in [0.25, 0.3) is 5.91 Å². The number of aromatic amines is 1. The Morgan fingerprint density at radius 2 is 1.97 bits per heavy atom. The fourth-order valence-electron chi connectivity index (χ4n) is 2.73. The summed E-state index contributed by atoms with van der Waals surface area (Å²) in [5.41, 5.74) is 1.15. The lowest BCUT2D eigenvalue weighted by molar-refractivity contribution is -0.137. The Bertz CT molecular complexity index is 966. The van der Waals surface area contributed by atoms with Gasteiger partial charge in [0, 0.05) is 17.6 Å². The normalized spacial score (nSPS) is 12.7. The predicted octanol–water partition coefficient (Wildman–Crippen LogP) is 3.34. The molecule has 4 N–H and O–H groups in total. The Morgan fingerprint density at radius 3 is 2.55 bits per heavy atom. The van der Waals surface area contributed by atoms with Gasteiger partial charge < -0.3 is 20.7 Å². The van der Waals surface area contributed by atoms with Gasteiger partial charge in [-0.2, -0.15) is 13.2 Å². The van der Waals surface area contributed by atoms with E-state index in [4.69, 9.17) is 5.11 Å². The van der Waals surface area contributed by atoms with Crippen molar-refractivity contribution in [1.29, 1.82) is 0 Å². The van der Waals surface area contributed by atoms with Crippen molar-refractivity contribution in [2.75, 3.05) is 13.6 Å². The van der Waals surface area contributed by atoms with Crippen LogP contribution in [-0.2, 0) is 12.8 Å². The Hall–Kier alpha value is -2.69. The topological polar surface area (TPSA) is 90.0 Å². The van der Waals surface area contributed by atoms with E-state index in [2.05, 4.69) is 20.6 Å². The van der Waals surface area contributed by atoms with Gasteiger partial charge in [0.2, 0.25) is 0 Å². The van der Waals surface area contributed by atoms with Crippen molar-refractivity contribution in [2.24, 2.45) is 0 Å². The highest BCUT2D eigenvalue weighted by molar-refractivity contribution is 7.09. The molecule has 0 aliphatic rings. The summed E-state index contributed by atoms with van der Waals surface area (Å²) in [5.74, 6) is -0.371. The maximum atomic E-state index is 12.7. The van der Waals surface area contributed by atoms with Gasteiger partial charge in [0.1, 0.15) is 10.7 Å². The zero-order valence-corrected chi connectivity index (χ0v) is 16.2. The average Bonchev–Trinajstić information content (AvgIpc) is 3.37. The monoisotopic (exact) mass is 424 g/mol. The van der Waals surface area contributed by atoms with Gasteiger partial charge in [-0.3, -0.25) is 4.79 Å². The van der Waals surface area contributed by atoms with Crippen molar-refractivity contribution >= 4 is 17.2 Å². The molecule has 3 rings (SSSR count). The fraction of sp³-hybridized carbons (Fsp3) is 0.263. The average molecular weight is 424 g/mol. The van der Waals surface area contributed by atoms with E-state index < -0.39 is 17.8 Å². The fourth-order valence-corrected chi connectivity index (χ4v) is 3.59. The molecule has 1 aromatic carbocycles. The Balaban J connectivity index is 1.74. The molecule has 10 heteroatoms. The van der Waals surface area contributed by atoms with Gasteiger partial charge in [-0.1, -0.05) is 12.1 Å². The second-order valence-corrected chi connectivity index (χ2v) is 7.17. The van der Waals surface area contributed by atoms with Crippen LogP contribution in [0.4, 0.5) is 13.2 Å². The highest BCUT2D eigenvalue weighted by atomic mass is 32.1. The minimum absolute atomic E-state index is 0.177. The highest BCUT2D eigenvalue weighted by Crippen LogP contribution is 2.30. The number of aliphatic hydroxyl groups is 1. The number of amides is 1. The van der Waals surface area contributed by atoms with Crippen molar-refractivity contribution in [3.8, 4) is 11.3 Å². The minimum Gasteiger partial charge on any atom is -0.390 e. The Kier molecular flexibility index (Phi) is 6.36. The van der Waals surface area contributed by atoms with Crippen molar-refractivity contribution in [2.45, 2.75) is 18.8 Å².